The van der Waals surface area contributed by atoms with E-state index in [-0.39, 0.29) is 23.8 Å². The van der Waals surface area contributed by atoms with Crippen molar-refractivity contribution < 1.29 is 14.7 Å². The van der Waals surface area contributed by atoms with Crippen LogP contribution in [-0.4, -0.2) is 58.4 Å². The van der Waals surface area contributed by atoms with Gasteiger partial charge >= 0.3 is 0 Å². The van der Waals surface area contributed by atoms with Gasteiger partial charge in [-0.1, -0.05) is 42.5 Å². The molecule has 5 nitrogen and oxygen atoms in total. The van der Waals surface area contributed by atoms with Crippen LogP contribution < -0.4 is 0 Å². The lowest BCUT2D eigenvalue weighted by molar-refractivity contribution is -0.135. The first kappa shape index (κ1) is 21.7. The zero-order valence-corrected chi connectivity index (χ0v) is 18.5. The number of aliphatic hydroxyl groups is 1. The van der Waals surface area contributed by atoms with Crippen LogP contribution in [-0.2, 0) is 30.6 Å². The third-order valence-corrected chi connectivity index (χ3v) is 6.76. The van der Waals surface area contributed by atoms with E-state index in [1.165, 1.54) is 24.0 Å². The van der Waals surface area contributed by atoms with Gasteiger partial charge in [0.05, 0.1) is 6.42 Å². The van der Waals surface area contributed by atoms with Crippen LogP contribution in [0.3, 0.4) is 0 Å². The van der Waals surface area contributed by atoms with Gasteiger partial charge in [0, 0.05) is 37.3 Å². The van der Waals surface area contributed by atoms with E-state index in [0.717, 1.165) is 37.2 Å². The van der Waals surface area contributed by atoms with Crippen LogP contribution >= 0.6 is 0 Å². The molecule has 2 aromatic rings. The lowest BCUT2D eigenvalue weighted by Crippen LogP contribution is -2.57. The van der Waals surface area contributed by atoms with Gasteiger partial charge in [-0.25, -0.2) is 0 Å². The Morgan fingerprint density at radius 1 is 0.935 bits per heavy atom. The summed E-state index contributed by atoms with van der Waals surface area (Å²) >= 11 is 0. The van der Waals surface area contributed by atoms with E-state index < -0.39 is 6.61 Å². The van der Waals surface area contributed by atoms with Gasteiger partial charge in [0.2, 0.25) is 5.91 Å². The molecule has 0 aromatic heterocycles. The van der Waals surface area contributed by atoms with E-state index in [2.05, 4.69) is 36.9 Å². The molecule has 5 heteroatoms. The largest absolute Gasteiger partial charge is 0.388 e. The second-order valence-corrected chi connectivity index (χ2v) is 9.08. The van der Waals surface area contributed by atoms with Crippen LogP contribution in [0.2, 0.25) is 0 Å². The standard InChI is InChI=1S/C26H32N2O3/c1-18-14-27(26(31)13-21-8-9-22-4-3-5-24(22)12-21)15-19(2)28(18)16-20-6-10-23(11-7-20)25(30)17-29/h6-12,18-19,29H,3-5,13-17H2,1-2H3/t18-,19+. The number of carbonyl (C=O) groups excluding carboxylic acids is 2. The molecule has 1 fully saturated rings. The summed E-state index contributed by atoms with van der Waals surface area (Å²) in [5.74, 6) is -0.0491. The minimum Gasteiger partial charge on any atom is -0.388 e. The number of aliphatic hydroxyl groups excluding tert-OH is 1. The Hall–Kier alpha value is -2.50. The first-order valence-corrected chi connectivity index (χ1v) is 11.3. The molecule has 4 rings (SSSR count). The Morgan fingerprint density at radius 3 is 2.26 bits per heavy atom. The van der Waals surface area contributed by atoms with Crippen molar-refractivity contribution in [3.8, 4) is 0 Å². The summed E-state index contributed by atoms with van der Waals surface area (Å²) in [5, 5.41) is 9.00. The number of benzene rings is 2. The monoisotopic (exact) mass is 420 g/mol. The van der Waals surface area contributed by atoms with Gasteiger partial charge in [0.15, 0.2) is 5.78 Å². The van der Waals surface area contributed by atoms with Gasteiger partial charge in [0.1, 0.15) is 6.61 Å². The highest BCUT2D eigenvalue weighted by atomic mass is 16.3. The predicted molar refractivity (Wildman–Crippen MR) is 121 cm³/mol. The number of hydrogen-bond donors (Lipinski definition) is 1. The van der Waals surface area contributed by atoms with Crippen LogP contribution in [0.4, 0.5) is 0 Å². The van der Waals surface area contributed by atoms with Crippen LogP contribution in [0.1, 0.15) is 52.9 Å². The number of piperazine rings is 1. The van der Waals surface area contributed by atoms with Crippen molar-refractivity contribution in [3.63, 3.8) is 0 Å². The summed E-state index contributed by atoms with van der Waals surface area (Å²) in [6.07, 6.45) is 4.01. The number of carbonyl (C=O) groups is 2. The maximum atomic E-state index is 13.0. The Labute approximate surface area is 184 Å². The molecule has 1 aliphatic heterocycles. The highest BCUT2D eigenvalue weighted by Crippen LogP contribution is 2.24. The molecule has 2 aliphatic rings. The van der Waals surface area contributed by atoms with Gasteiger partial charge < -0.3 is 10.0 Å². The third kappa shape index (κ3) is 4.89. The van der Waals surface area contributed by atoms with Crippen LogP contribution in [0, 0.1) is 0 Å². The van der Waals surface area contributed by atoms with Crippen molar-refractivity contribution in [2.75, 3.05) is 19.7 Å². The molecule has 1 aliphatic carbocycles. The van der Waals surface area contributed by atoms with Crippen molar-refractivity contribution in [1.82, 2.24) is 9.80 Å². The second-order valence-electron chi connectivity index (χ2n) is 9.08. The first-order valence-electron chi connectivity index (χ1n) is 11.3. The zero-order chi connectivity index (χ0) is 22.0. The zero-order valence-electron chi connectivity index (χ0n) is 18.5. The number of Topliss-reactive ketones (excluding diaryl/α,β-unsaturated/α-hetero) is 1. The average molecular weight is 421 g/mol. The second kappa shape index (κ2) is 9.33. The summed E-state index contributed by atoms with van der Waals surface area (Å²) < 4.78 is 0. The highest BCUT2D eigenvalue weighted by molar-refractivity contribution is 5.96. The smallest absolute Gasteiger partial charge is 0.227 e. The predicted octanol–water partition coefficient (Wildman–Crippen LogP) is 3.01. The van der Waals surface area contributed by atoms with Gasteiger partial charge in [-0.05, 0) is 55.4 Å². The molecule has 1 heterocycles. The fourth-order valence-electron chi connectivity index (χ4n) is 4.99. The molecule has 164 valence electrons. The van der Waals surface area contributed by atoms with Gasteiger partial charge in [-0.2, -0.15) is 0 Å². The van der Waals surface area contributed by atoms with E-state index in [4.69, 9.17) is 5.11 Å². The molecular formula is C26H32N2O3. The SMILES string of the molecule is C[C@@H]1CN(C(=O)Cc2ccc3c(c2)CCC3)C[C@H](C)N1Cc1ccc(C(=O)CO)cc1. The Kier molecular flexibility index (Phi) is 6.54. The molecular weight excluding hydrogens is 388 g/mol. The lowest BCUT2D eigenvalue weighted by Gasteiger charge is -2.44. The van der Waals surface area contributed by atoms with Crippen molar-refractivity contribution in [2.24, 2.45) is 0 Å². The van der Waals surface area contributed by atoms with E-state index >= 15 is 0 Å². The molecule has 0 bridgehead atoms. The fourth-order valence-corrected chi connectivity index (χ4v) is 4.99. The van der Waals surface area contributed by atoms with Gasteiger partial charge in [0.25, 0.3) is 0 Å². The summed E-state index contributed by atoms with van der Waals surface area (Å²) in [4.78, 5) is 29.1. The molecule has 0 unspecified atom stereocenters. The first-order chi connectivity index (χ1) is 14.9. The molecule has 1 saturated heterocycles. The van der Waals surface area contributed by atoms with E-state index in [1.807, 2.05) is 17.0 Å². The van der Waals surface area contributed by atoms with E-state index in [0.29, 0.717) is 12.0 Å². The molecule has 0 saturated carbocycles. The molecule has 0 radical (unpaired) electrons. The van der Waals surface area contributed by atoms with Crippen LogP contribution in [0.5, 0.6) is 0 Å². The minimum absolute atomic E-state index is 0.211. The number of ketones is 1. The molecule has 2 aromatic carbocycles. The van der Waals surface area contributed by atoms with Crippen molar-refractivity contribution in [2.45, 2.75) is 58.2 Å². The topological polar surface area (TPSA) is 60.9 Å². The molecule has 31 heavy (non-hydrogen) atoms. The molecule has 2 atom stereocenters. The van der Waals surface area contributed by atoms with Crippen molar-refractivity contribution in [3.05, 3.63) is 70.3 Å². The maximum Gasteiger partial charge on any atom is 0.227 e. The number of nitrogens with zero attached hydrogens (tertiary/aromatic N) is 2. The van der Waals surface area contributed by atoms with E-state index in [9.17, 15) is 9.59 Å². The molecule has 1 N–H and O–H groups in total. The number of hydrogen-bond acceptors (Lipinski definition) is 4. The fraction of sp³-hybridized carbons (Fsp3) is 0.462. The Bertz CT molecular complexity index is 942. The van der Waals surface area contributed by atoms with E-state index in [1.54, 1.807) is 12.1 Å². The highest BCUT2D eigenvalue weighted by Gasteiger charge is 2.31. The molecule has 0 spiro atoms. The maximum absolute atomic E-state index is 13.0. The Balaban J connectivity index is 1.36. The number of amides is 1. The van der Waals surface area contributed by atoms with Gasteiger partial charge in [-0.15, -0.1) is 0 Å². The van der Waals surface area contributed by atoms with Crippen LogP contribution in [0.25, 0.3) is 0 Å². The third-order valence-electron chi connectivity index (χ3n) is 6.76. The number of aryl methyl sites for hydroxylation is 2. The normalized spacial score (nSPS) is 21.2. The lowest BCUT2D eigenvalue weighted by atomic mass is 10.0. The summed E-state index contributed by atoms with van der Waals surface area (Å²) in [6.45, 7) is 6.13. The van der Waals surface area contributed by atoms with Crippen molar-refractivity contribution >= 4 is 11.7 Å². The van der Waals surface area contributed by atoms with Crippen molar-refractivity contribution in [1.29, 1.82) is 0 Å². The molecule has 1 amide bonds. The summed E-state index contributed by atoms with van der Waals surface area (Å²) in [7, 11) is 0. The van der Waals surface area contributed by atoms with Gasteiger partial charge in [-0.3, -0.25) is 14.5 Å². The quantitative estimate of drug-likeness (QED) is 0.730. The minimum atomic E-state index is -0.463. The number of fused-ring (bicyclic) bond motifs is 1. The number of rotatable bonds is 6. The Morgan fingerprint density at radius 2 is 1.58 bits per heavy atom. The summed E-state index contributed by atoms with van der Waals surface area (Å²) in [5.41, 5.74) is 5.66. The van der Waals surface area contributed by atoms with Crippen LogP contribution in [0.15, 0.2) is 42.5 Å². The average Bonchev–Trinajstić information content (AvgIpc) is 3.24. The summed E-state index contributed by atoms with van der Waals surface area (Å²) in [6, 6.07) is 14.5.